The van der Waals surface area contributed by atoms with E-state index in [0.717, 1.165) is 38.0 Å². The first-order chi connectivity index (χ1) is 10.0. The minimum Gasteiger partial charge on any atom is -0.399 e. The highest BCUT2D eigenvalue weighted by molar-refractivity contribution is 6.00. The molecule has 21 heavy (non-hydrogen) atoms. The van der Waals surface area contributed by atoms with Gasteiger partial charge in [0, 0.05) is 39.5 Å². The smallest absolute Gasteiger partial charge is 0.255 e. The van der Waals surface area contributed by atoms with E-state index in [1.807, 2.05) is 12.1 Å². The molecule has 1 fully saturated rings. The van der Waals surface area contributed by atoms with Crippen LogP contribution in [0.25, 0.3) is 0 Å². The average molecular weight is 291 g/mol. The molecule has 1 aromatic rings. The number of hydrogen-bond acceptors (Lipinski definition) is 4. The maximum absolute atomic E-state index is 12.3. The van der Waals surface area contributed by atoms with Crippen LogP contribution in [0.3, 0.4) is 0 Å². The largest absolute Gasteiger partial charge is 0.399 e. The highest BCUT2D eigenvalue weighted by Crippen LogP contribution is 2.30. The van der Waals surface area contributed by atoms with Crippen molar-refractivity contribution in [2.45, 2.75) is 19.3 Å². The summed E-state index contributed by atoms with van der Waals surface area (Å²) in [6.07, 6.45) is 3.03. The summed E-state index contributed by atoms with van der Waals surface area (Å²) in [5, 5.41) is 9.14. The van der Waals surface area contributed by atoms with Crippen LogP contribution in [0.5, 0.6) is 0 Å². The Hall–Kier alpha value is -1.75. The summed E-state index contributed by atoms with van der Waals surface area (Å²) >= 11 is 0. The summed E-state index contributed by atoms with van der Waals surface area (Å²) in [6, 6.07) is 5.47. The molecular formula is C16H25N3O2. The first-order valence-corrected chi connectivity index (χ1v) is 7.50. The number of aliphatic hydroxyl groups is 1. The van der Waals surface area contributed by atoms with Crippen molar-refractivity contribution in [3.63, 3.8) is 0 Å². The molecule has 1 atom stereocenters. The van der Waals surface area contributed by atoms with E-state index in [1.165, 1.54) is 0 Å². The second kappa shape index (κ2) is 6.80. The van der Waals surface area contributed by atoms with Crippen molar-refractivity contribution >= 4 is 17.3 Å². The van der Waals surface area contributed by atoms with E-state index in [1.54, 1.807) is 25.1 Å². The number of carbonyl (C=O) groups excluding carboxylic acids is 1. The Labute approximate surface area is 126 Å². The summed E-state index contributed by atoms with van der Waals surface area (Å²) in [5.41, 5.74) is 8.19. The third kappa shape index (κ3) is 3.67. The van der Waals surface area contributed by atoms with Gasteiger partial charge in [-0.2, -0.15) is 0 Å². The molecule has 1 aromatic carbocycles. The topological polar surface area (TPSA) is 69.8 Å². The lowest BCUT2D eigenvalue weighted by molar-refractivity contribution is 0.0828. The fourth-order valence-electron chi connectivity index (χ4n) is 2.93. The van der Waals surface area contributed by atoms with Crippen molar-refractivity contribution in [3.8, 4) is 0 Å². The Morgan fingerprint density at radius 3 is 2.90 bits per heavy atom. The van der Waals surface area contributed by atoms with Crippen LogP contribution >= 0.6 is 0 Å². The Kier molecular flexibility index (Phi) is 5.07. The molecule has 5 heteroatoms. The zero-order chi connectivity index (χ0) is 15.4. The lowest BCUT2D eigenvalue weighted by Gasteiger charge is -2.35. The van der Waals surface area contributed by atoms with Crippen molar-refractivity contribution < 1.29 is 9.90 Å². The van der Waals surface area contributed by atoms with Gasteiger partial charge in [-0.15, -0.1) is 0 Å². The monoisotopic (exact) mass is 291 g/mol. The van der Waals surface area contributed by atoms with Gasteiger partial charge in [0.25, 0.3) is 5.91 Å². The van der Waals surface area contributed by atoms with Crippen LogP contribution in [-0.4, -0.2) is 49.7 Å². The fourth-order valence-corrected chi connectivity index (χ4v) is 2.93. The van der Waals surface area contributed by atoms with Crippen LogP contribution in [0, 0.1) is 5.92 Å². The van der Waals surface area contributed by atoms with Gasteiger partial charge >= 0.3 is 0 Å². The molecule has 1 aliphatic heterocycles. The minimum absolute atomic E-state index is 0.00529. The Balaban J connectivity index is 2.29. The summed E-state index contributed by atoms with van der Waals surface area (Å²) < 4.78 is 0. The number of benzene rings is 1. The maximum atomic E-state index is 12.3. The lowest BCUT2D eigenvalue weighted by Crippen LogP contribution is -2.37. The molecule has 0 spiro atoms. The summed E-state index contributed by atoms with van der Waals surface area (Å²) in [5.74, 6) is 0.474. The van der Waals surface area contributed by atoms with E-state index >= 15 is 0 Å². The van der Waals surface area contributed by atoms with Crippen molar-refractivity contribution in [3.05, 3.63) is 23.8 Å². The minimum atomic E-state index is -0.00529. The van der Waals surface area contributed by atoms with Gasteiger partial charge in [-0.1, -0.05) is 0 Å². The second-order valence-corrected chi connectivity index (χ2v) is 5.94. The zero-order valence-corrected chi connectivity index (χ0v) is 12.9. The van der Waals surface area contributed by atoms with Crippen molar-refractivity contribution in [2.75, 3.05) is 44.4 Å². The van der Waals surface area contributed by atoms with Crippen LogP contribution < -0.4 is 10.6 Å². The SMILES string of the molecule is CN(C)C(=O)c1ccc(N)cc1N1CCCC(CCO)C1. The van der Waals surface area contributed by atoms with E-state index in [2.05, 4.69) is 4.90 Å². The third-order valence-electron chi connectivity index (χ3n) is 4.06. The van der Waals surface area contributed by atoms with E-state index in [-0.39, 0.29) is 12.5 Å². The highest BCUT2D eigenvalue weighted by atomic mass is 16.3. The van der Waals surface area contributed by atoms with Gasteiger partial charge in [0.2, 0.25) is 0 Å². The predicted molar refractivity (Wildman–Crippen MR) is 85.5 cm³/mol. The molecule has 1 unspecified atom stereocenters. The molecule has 2 rings (SSSR count). The molecule has 116 valence electrons. The van der Waals surface area contributed by atoms with E-state index in [9.17, 15) is 4.79 Å². The lowest BCUT2D eigenvalue weighted by atomic mass is 9.94. The molecule has 0 bridgehead atoms. The van der Waals surface area contributed by atoms with Crippen molar-refractivity contribution in [1.29, 1.82) is 0 Å². The first-order valence-electron chi connectivity index (χ1n) is 7.50. The van der Waals surface area contributed by atoms with Gasteiger partial charge in [-0.3, -0.25) is 4.79 Å². The third-order valence-corrected chi connectivity index (χ3v) is 4.06. The molecule has 0 aliphatic carbocycles. The number of piperidine rings is 1. The van der Waals surface area contributed by atoms with Crippen LogP contribution in [0.2, 0.25) is 0 Å². The molecule has 0 saturated carbocycles. The normalized spacial score (nSPS) is 18.6. The van der Waals surface area contributed by atoms with E-state index in [4.69, 9.17) is 10.8 Å². The quantitative estimate of drug-likeness (QED) is 0.826. The summed E-state index contributed by atoms with van der Waals surface area (Å²) in [7, 11) is 3.51. The average Bonchev–Trinajstić information content (AvgIpc) is 2.47. The van der Waals surface area contributed by atoms with Gasteiger partial charge in [0.05, 0.1) is 11.3 Å². The molecule has 1 heterocycles. The Morgan fingerprint density at radius 1 is 1.48 bits per heavy atom. The predicted octanol–water partition coefficient (Wildman–Crippen LogP) is 1.57. The van der Waals surface area contributed by atoms with Crippen LogP contribution in [0.15, 0.2) is 18.2 Å². The number of rotatable bonds is 4. The number of hydrogen-bond donors (Lipinski definition) is 2. The molecule has 0 radical (unpaired) electrons. The number of aliphatic hydroxyl groups excluding tert-OH is 1. The number of nitrogens with zero attached hydrogens (tertiary/aromatic N) is 2. The molecule has 0 aromatic heterocycles. The van der Waals surface area contributed by atoms with Crippen LogP contribution in [-0.2, 0) is 0 Å². The van der Waals surface area contributed by atoms with Gasteiger partial charge in [0.1, 0.15) is 0 Å². The van der Waals surface area contributed by atoms with Crippen LogP contribution in [0.4, 0.5) is 11.4 Å². The maximum Gasteiger partial charge on any atom is 0.255 e. The molecular weight excluding hydrogens is 266 g/mol. The van der Waals surface area contributed by atoms with E-state index < -0.39 is 0 Å². The molecule has 1 amide bonds. The number of carbonyl (C=O) groups is 1. The van der Waals surface area contributed by atoms with Gasteiger partial charge in [0.15, 0.2) is 0 Å². The molecule has 5 nitrogen and oxygen atoms in total. The zero-order valence-electron chi connectivity index (χ0n) is 12.9. The number of amides is 1. The van der Waals surface area contributed by atoms with E-state index in [0.29, 0.717) is 17.2 Å². The summed E-state index contributed by atoms with van der Waals surface area (Å²) in [6.45, 7) is 2.02. The number of nitrogens with two attached hydrogens (primary N) is 1. The standard InChI is InChI=1S/C16H25N3O2/c1-18(2)16(21)14-6-5-13(17)10-15(14)19-8-3-4-12(11-19)7-9-20/h5-6,10,12,20H,3-4,7-9,11,17H2,1-2H3. The van der Waals surface area contributed by atoms with Gasteiger partial charge < -0.3 is 20.6 Å². The summed E-state index contributed by atoms with van der Waals surface area (Å²) in [4.78, 5) is 16.2. The fraction of sp³-hybridized carbons (Fsp3) is 0.562. The second-order valence-electron chi connectivity index (χ2n) is 5.94. The number of nitrogen functional groups attached to an aromatic ring is 1. The van der Waals surface area contributed by atoms with Gasteiger partial charge in [-0.05, 0) is 43.4 Å². The molecule has 1 aliphatic rings. The van der Waals surface area contributed by atoms with Crippen LogP contribution in [0.1, 0.15) is 29.6 Å². The molecule has 3 N–H and O–H groups in total. The van der Waals surface area contributed by atoms with Crippen molar-refractivity contribution in [1.82, 2.24) is 4.90 Å². The van der Waals surface area contributed by atoms with Gasteiger partial charge in [-0.25, -0.2) is 0 Å². The first kappa shape index (κ1) is 15.6. The molecule has 1 saturated heterocycles. The Bertz CT molecular complexity index is 500. The number of anilines is 2. The van der Waals surface area contributed by atoms with Crippen molar-refractivity contribution in [2.24, 2.45) is 5.92 Å². The highest BCUT2D eigenvalue weighted by Gasteiger charge is 2.24. The Morgan fingerprint density at radius 2 is 2.24 bits per heavy atom.